The number of para-hydroxylation sites is 2. The highest BCUT2D eigenvalue weighted by molar-refractivity contribution is 14.0. The number of nitrogens with one attached hydrogen (secondary N) is 2. The number of nitrogens with zero attached hydrogens (tertiary/aromatic N) is 2. The van der Waals surface area contributed by atoms with Gasteiger partial charge >= 0.3 is 6.61 Å². The SMILES string of the molecule is CCNC(=NCc1ccc2c(c1)OCO2)NC1CCN(c2ccccc2OC(F)F)C1.I. The minimum absolute atomic E-state index is 0. The predicted molar refractivity (Wildman–Crippen MR) is 130 cm³/mol. The summed E-state index contributed by atoms with van der Waals surface area (Å²) in [5.74, 6) is 2.40. The van der Waals surface area contributed by atoms with Crippen LogP contribution in [0.3, 0.4) is 0 Å². The summed E-state index contributed by atoms with van der Waals surface area (Å²) in [5.41, 5.74) is 1.70. The minimum Gasteiger partial charge on any atom is -0.454 e. The Morgan fingerprint density at radius 3 is 2.84 bits per heavy atom. The van der Waals surface area contributed by atoms with Crippen molar-refractivity contribution in [2.75, 3.05) is 31.3 Å². The molecule has 1 atom stereocenters. The predicted octanol–water partition coefficient (Wildman–Crippen LogP) is 3.97. The highest BCUT2D eigenvalue weighted by Gasteiger charge is 2.26. The second kappa shape index (κ2) is 11.4. The van der Waals surface area contributed by atoms with Gasteiger partial charge in [-0.25, -0.2) is 4.99 Å². The molecule has 2 heterocycles. The third kappa shape index (κ3) is 6.05. The molecule has 2 aliphatic rings. The van der Waals surface area contributed by atoms with E-state index >= 15 is 0 Å². The number of anilines is 1. The van der Waals surface area contributed by atoms with E-state index in [1.807, 2.05) is 31.2 Å². The van der Waals surface area contributed by atoms with Gasteiger partial charge in [-0.15, -0.1) is 24.0 Å². The Labute approximate surface area is 203 Å². The van der Waals surface area contributed by atoms with E-state index in [0.717, 1.165) is 36.6 Å². The Balaban J connectivity index is 0.00000289. The van der Waals surface area contributed by atoms with Crippen molar-refractivity contribution in [1.29, 1.82) is 0 Å². The Morgan fingerprint density at radius 1 is 1.22 bits per heavy atom. The van der Waals surface area contributed by atoms with Crippen molar-refractivity contribution in [2.45, 2.75) is 32.5 Å². The number of hydrogen-bond acceptors (Lipinski definition) is 5. The Kier molecular flexibility index (Phi) is 8.60. The van der Waals surface area contributed by atoms with Crippen LogP contribution in [0.1, 0.15) is 18.9 Å². The molecular weight excluding hydrogens is 533 g/mol. The van der Waals surface area contributed by atoms with E-state index in [9.17, 15) is 8.78 Å². The second-order valence-electron chi connectivity index (χ2n) is 7.30. The molecule has 2 N–H and O–H groups in total. The van der Waals surface area contributed by atoms with Crippen molar-refractivity contribution >= 4 is 35.6 Å². The molecule has 0 aromatic heterocycles. The van der Waals surface area contributed by atoms with Crippen LogP contribution in [-0.4, -0.2) is 45.0 Å². The minimum atomic E-state index is -2.85. The normalized spacial score (nSPS) is 17.3. The molecule has 0 amide bonds. The number of benzene rings is 2. The maximum Gasteiger partial charge on any atom is 0.387 e. The summed E-state index contributed by atoms with van der Waals surface area (Å²) >= 11 is 0. The largest absolute Gasteiger partial charge is 0.454 e. The van der Waals surface area contributed by atoms with Gasteiger partial charge in [0.05, 0.1) is 12.2 Å². The van der Waals surface area contributed by atoms with Gasteiger partial charge in [-0.1, -0.05) is 18.2 Å². The molecule has 7 nitrogen and oxygen atoms in total. The first kappa shape index (κ1) is 24.1. The van der Waals surface area contributed by atoms with Crippen LogP contribution in [0, 0.1) is 0 Å². The first-order chi connectivity index (χ1) is 15.1. The molecule has 4 rings (SSSR count). The monoisotopic (exact) mass is 560 g/mol. The molecule has 2 aromatic rings. The number of guanidine groups is 1. The van der Waals surface area contributed by atoms with E-state index in [-0.39, 0.29) is 42.6 Å². The van der Waals surface area contributed by atoms with Crippen LogP contribution in [0.5, 0.6) is 17.2 Å². The topological polar surface area (TPSA) is 67.4 Å². The molecule has 0 saturated carbocycles. The lowest BCUT2D eigenvalue weighted by atomic mass is 10.2. The zero-order valence-electron chi connectivity index (χ0n) is 17.7. The molecular formula is C22H27F2IN4O3. The standard InChI is InChI=1S/C22H26F2N4O3.HI/c1-2-25-22(26-12-15-7-8-19-20(11-15)30-14-29-19)27-16-9-10-28(13-16)17-5-3-4-6-18(17)31-21(23)24;/h3-8,11,16,21H,2,9-10,12-14H2,1H3,(H2,25,26,27);1H. The van der Waals surface area contributed by atoms with Gasteiger partial charge in [0.2, 0.25) is 6.79 Å². The fraction of sp³-hybridized carbons (Fsp3) is 0.409. The molecule has 1 fully saturated rings. The van der Waals surface area contributed by atoms with Crippen LogP contribution in [0.15, 0.2) is 47.5 Å². The lowest BCUT2D eigenvalue weighted by Gasteiger charge is -2.22. The first-order valence-corrected chi connectivity index (χ1v) is 10.3. The molecule has 32 heavy (non-hydrogen) atoms. The molecule has 174 valence electrons. The van der Waals surface area contributed by atoms with Crippen LogP contribution in [0.2, 0.25) is 0 Å². The maximum atomic E-state index is 12.7. The number of aliphatic imine (C=N–C) groups is 1. The third-order valence-corrected chi connectivity index (χ3v) is 5.15. The summed E-state index contributed by atoms with van der Waals surface area (Å²) in [4.78, 5) is 6.74. The average Bonchev–Trinajstić information content (AvgIpc) is 3.41. The summed E-state index contributed by atoms with van der Waals surface area (Å²) < 4.78 is 40.9. The van der Waals surface area contributed by atoms with Crippen molar-refractivity contribution in [1.82, 2.24) is 10.6 Å². The van der Waals surface area contributed by atoms with Crippen LogP contribution in [-0.2, 0) is 6.54 Å². The number of ether oxygens (including phenoxy) is 3. The van der Waals surface area contributed by atoms with E-state index in [2.05, 4.69) is 25.3 Å². The fourth-order valence-corrected chi connectivity index (χ4v) is 3.73. The van der Waals surface area contributed by atoms with Crippen LogP contribution in [0.25, 0.3) is 0 Å². The average molecular weight is 560 g/mol. The molecule has 1 unspecified atom stereocenters. The highest BCUT2D eigenvalue weighted by Crippen LogP contribution is 2.33. The number of rotatable bonds is 7. The van der Waals surface area contributed by atoms with Gasteiger partial charge < -0.3 is 29.7 Å². The molecule has 10 heteroatoms. The van der Waals surface area contributed by atoms with Crippen molar-refractivity contribution in [3.8, 4) is 17.2 Å². The Bertz CT molecular complexity index is 932. The third-order valence-electron chi connectivity index (χ3n) is 5.15. The van der Waals surface area contributed by atoms with Crippen molar-refractivity contribution < 1.29 is 23.0 Å². The van der Waals surface area contributed by atoms with Gasteiger partial charge in [0, 0.05) is 25.7 Å². The second-order valence-corrected chi connectivity index (χ2v) is 7.30. The zero-order valence-corrected chi connectivity index (χ0v) is 20.1. The number of halogens is 3. The summed E-state index contributed by atoms with van der Waals surface area (Å²) in [6.45, 7) is 2.04. The van der Waals surface area contributed by atoms with Gasteiger partial charge in [-0.3, -0.25) is 0 Å². The van der Waals surface area contributed by atoms with Crippen LogP contribution in [0.4, 0.5) is 14.5 Å². The molecule has 1 saturated heterocycles. The van der Waals surface area contributed by atoms with E-state index in [1.165, 1.54) is 0 Å². The van der Waals surface area contributed by atoms with Gasteiger partial charge in [0.1, 0.15) is 5.75 Å². The molecule has 2 aliphatic heterocycles. The smallest absolute Gasteiger partial charge is 0.387 e. The molecule has 0 bridgehead atoms. The van der Waals surface area contributed by atoms with Gasteiger partial charge in [0.15, 0.2) is 17.5 Å². The van der Waals surface area contributed by atoms with E-state index < -0.39 is 6.61 Å². The molecule has 0 radical (unpaired) electrons. The number of fused-ring (bicyclic) bond motifs is 1. The first-order valence-electron chi connectivity index (χ1n) is 10.3. The zero-order chi connectivity index (χ0) is 21.6. The number of alkyl halides is 2. The van der Waals surface area contributed by atoms with Crippen molar-refractivity contribution in [3.05, 3.63) is 48.0 Å². The van der Waals surface area contributed by atoms with Gasteiger partial charge in [0.25, 0.3) is 0 Å². The summed E-state index contributed by atoms with van der Waals surface area (Å²) in [5, 5.41) is 6.72. The molecule has 0 spiro atoms. The van der Waals surface area contributed by atoms with Crippen molar-refractivity contribution in [2.24, 2.45) is 4.99 Å². The van der Waals surface area contributed by atoms with Crippen molar-refractivity contribution in [3.63, 3.8) is 0 Å². The Hall–Kier alpha value is -2.50. The quantitative estimate of drug-likeness (QED) is 0.304. The lowest BCUT2D eigenvalue weighted by Crippen LogP contribution is -2.44. The fourth-order valence-electron chi connectivity index (χ4n) is 3.73. The summed E-state index contributed by atoms with van der Waals surface area (Å²) in [6, 6.07) is 12.8. The van der Waals surface area contributed by atoms with Gasteiger partial charge in [-0.2, -0.15) is 8.78 Å². The van der Waals surface area contributed by atoms with E-state index in [0.29, 0.717) is 24.7 Å². The lowest BCUT2D eigenvalue weighted by molar-refractivity contribution is -0.0495. The van der Waals surface area contributed by atoms with Crippen LogP contribution >= 0.6 is 24.0 Å². The highest BCUT2D eigenvalue weighted by atomic mass is 127. The molecule has 2 aromatic carbocycles. The van der Waals surface area contributed by atoms with Crippen LogP contribution < -0.4 is 29.7 Å². The summed E-state index contributed by atoms with van der Waals surface area (Å²) in [7, 11) is 0. The van der Waals surface area contributed by atoms with E-state index in [4.69, 9.17) is 9.47 Å². The van der Waals surface area contributed by atoms with E-state index in [1.54, 1.807) is 18.2 Å². The Morgan fingerprint density at radius 2 is 2.03 bits per heavy atom. The number of hydrogen-bond donors (Lipinski definition) is 2. The van der Waals surface area contributed by atoms with Gasteiger partial charge in [-0.05, 0) is 43.2 Å². The molecule has 0 aliphatic carbocycles. The maximum absolute atomic E-state index is 12.7. The summed E-state index contributed by atoms with van der Waals surface area (Å²) in [6.07, 6.45) is 0.859.